The van der Waals surface area contributed by atoms with Crippen LogP contribution in [0.3, 0.4) is 0 Å². The third-order valence-corrected chi connectivity index (χ3v) is 1.83. The lowest BCUT2D eigenvalue weighted by Gasteiger charge is -2.01. The van der Waals surface area contributed by atoms with Gasteiger partial charge >= 0.3 is 0 Å². The van der Waals surface area contributed by atoms with Gasteiger partial charge in [0.1, 0.15) is 0 Å². The van der Waals surface area contributed by atoms with Gasteiger partial charge in [-0.25, -0.2) is 4.21 Å². The van der Waals surface area contributed by atoms with Crippen LogP contribution in [-0.4, -0.2) is 10.3 Å². The zero-order valence-electron chi connectivity index (χ0n) is 7.66. The lowest BCUT2D eigenvalue weighted by atomic mass is 10.4. The minimum Gasteiger partial charge on any atom is -0.279 e. The molecule has 0 aromatic carbocycles. The van der Waals surface area contributed by atoms with E-state index in [1.54, 1.807) is 13.0 Å². The van der Waals surface area contributed by atoms with Gasteiger partial charge in [0.15, 0.2) is 11.1 Å². The Bertz CT molecular complexity index is 233. The third kappa shape index (κ3) is 6.10. The standard InChI is InChI=1S/C9H14O2S/c1-5-9(4)11-12(10)7-6-8(2)3/h5,7,9H,1H2,2-4H3. The lowest BCUT2D eigenvalue weighted by Crippen LogP contribution is -2.04. The Hall–Kier alpha value is -0.630. The summed E-state index contributed by atoms with van der Waals surface area (Å²) in [5.41, 5.74) is 3.78. The predicted octanol–water partition coefficient (Wildman–Crippen LogP) is 2.32. The fourth-order valence-corrected chi connectivity index (χ4v) is 1.15. The number of allylic oxidation sites excluding steroid dienone is 1. The summed E-state index contributed by atoms with van der Waals surface area (Å²) < 4.78 is 16.0. The molecule has 0 aromatic heterocycles. The molecule has 0 bridgehead atoms. The molecule has 0 aliphatic carbocycles. The largest absolute Gasteiger partial charge is 0.279 e. The molecule has 0 amide bonds. The highest BCUT2D eigenvalue weighted by Gasteiger charge is 1.99. The van der Waals surface area contributed by atoms with Gasteiger partial charge < -0.3 is 0 Å². The van der Waals surface area contributed by atoms with Crippen molar-refractivity contribution in [1.29, 1.82) is 0 Å². The van der Waals surface area contributed by atoms with E-state index in [0.717, 1.165) is 5.57 Å². The Morgan fingerprint density at radius 1 is 1.67 bits per heavy atom. The van der Waals surface area contributed by atoms with E-state index in [1.165, 1.54) is 5.41 Å². The Morgan fingerprint density at radius 2 is 2.25 bits per heavy atom. The highest BCUT2D eigenvalue weighted by Crippen LogP contribution is 1.97. The minimum absolute atomic E-state index is 0.193. The van der Waals surface area contributed by atoms with E-state index in [-0.39, 0.29) is 6.10 Å². The van der Waals surface area contributed by atoms with Crippen molar-refractivity contribution in [3.63, 3.8) is 0 Å². The van der Waals surface area contributed by atoms with Gasteiger partial charge in [-0.2, -0.15) is 0 Å². The summed E-state index contributed by atoms with van der Waals surface area (Å²) >= 11 is -1.40. The summed E-state index contributed by atoms with van der Waals surface area (Å²) in [7, 11) is 0. The third-order valence-electron chi connectivity index (χ3n) is 1.02. The van der Waals surface area contributed by atoms with Gasteiger partial charge in [0, 0.05) is 0 Å². The summed E-state index contributed by atoms with van der Waals surface area (Å²) in [6.07, 6.45) is 1.40. The van der Waals surface area contributed by atoms with Crippen molar-refractivity contribution in [3.8, 4) is 0 Å². The van der Waals surface area contributed by atoms with Crippen molar-refractivity contribution < 1.29 is 8.39 Å². The molecule has 0 fully saturated rings. The van der Waals surface area contributed by atoms with Crippen LogP contribution in [-0.2, 0) is 15.3 Å². The van der Waals surface area contributed by atoms with Crippen molar-refractivity contribution in [2.24, 2.45) is 0 Å². The van der Waals surface area contributed by atoms with E-state index in [0.29, 0.717) is 0 Å². The first-order valence-electron chi connectivity index (χ1n) is 3.66. The zero-order chi connectivity index (χ0) is 9.56. The quantitative estimate of drug-likeness (QED) is 0.497. The van der Waals surface area contributed by atoms with Gasteiger partial charge in [-0.1, -0.05) is 6.08 Å². The maximum absolute atomic E-state index is 11.0. The highest BCUT2D eigenvalue weighted by molar-refractivity contribution is 7.83. The molecule has 0 spiro atoms. The van der Waals surface area contributed by atoms with Crippen molar-refractivity contribution >= 4 is 11.1 Å². The zero-order valence-corrected chi connectivity index (χ0v) is 8.48. The molecule has 0 aromatic rings. The predicted molar refractivity (Wildman–Crippen MR) is 51.8 cm³/mol. The molecule has 3 heteroatoms. The lowest BCUT2D eigenvalue weighted by molar-refractivity contribution is 0.303. The Labute approximate surface area is 76.3 Å². The van der Waals surface area contributed by atoms with Crippen LogP contribution < -0.4 is 0 Å². The first-order valence-corrected chi connectivity index (χ1v) is 4.80. The average molecular weight is 186 g/mol. The molecule has 0 radical (unpaired) electrons. The minimum atomic E-state index is -1.40. The van der Waals surface area contributed by atoms with Crippen LogP contribution in [0.4, 0.5) is 0 Å². The second kappa shape index (κ2) is 5.95. The van der Waals surface area contributed by atoms with Crippen LogP contribution in [0.15, 0.2) is 29.4 Å². The SMILES string of the molecule is C=CC(C)OS(=O)C=C=C(C)C. The average Bonchev–Trinajstić information content (AvgIpc) is 2.00. The van der Waals surface area contributed by atoms with Crippen LogP contribution in [0, 0.1) is 0 Å². The summed E-state index contributed by atoms with van der Waals surface area (Å²) in [5, 5.41) is 1.40. The molecule has 0 saturated carbocycles. The second-order valence-electron chi connectivity index (χ2n) is 2.56. The number of hydrogen-bond donors (Lipinski definition) is 0. The molecule has 0 aliphatic heterocycles. The van der Waals surface area contributed by atoms with Crippen molar-refractivity contribution in [2.75, 3.05) is 0 Å². The number of rotatable bonds is 4. The molecule has 12 heavy (non-hydrogen) atoms. The summed E-state index contributed by atoms with van der Waals surface area (Å²) in [5.74, 6) is 0. The van der Waals surface area contributed by atoms with Gasteiger partial charge in [0.05, 0.1) is 11.5 Å². The molecule has 2 unspecified atom stereocenters. The topological polar surface area (TPSA) is 26.3 Å². The van der Waals surface area contributed by atoms with Gasteiger partial charge in [0.2, 0.25) is 0 Å². The van der Waals surface area contributed by atoms with Crippen LogP contribution in [0.2, 0.25) is 0 Å². The van der Waals surface area contributed by atoms with Crippen molar-refractivity contribution in [1.82, 2.24) is 0 Å². The highest BCUT2D eigenvalue weighted by atomic mass is 32.2. The Balaban J connectivity index is 4.07. The van der Waals surface area contributed by atoms with Gasteiger partial charge in [-0.3, -0.25) is 4.18 Å². The Kier molecular flexibility index (Phi) is 5.64. The molecular formula is C9H14O2S. The first kappa shape index (κ1) is 11.4. The maximum atomic E-state index is 11.0. The van der Waals surface area contributed by atoms with Crippen molar-refractivity contribution in [2.45, 2.75) is 26.9 Å². The van der Waals surface area contributed by atoms with Crippen LogP contribution in [0.1, 0.15) is 20.8 Å². The molecule has 0 rings (SSSR count). The molecule has 2 nitrogen and oxygen atoms in total. The smallest absolute Gasteiger partial charge is 0.190 e. The first-order chi connectivity index (χ1) is 5.56. The molecule has 0 heterocycles. The van der Waals surface area contributed by atoms with Crippen LogP contribution in [0.5, 0.6) is 0 Å². The molecule has 0 aliphatic rings. The van der Waals surface area contributed by atoms with E-state index in [1.807, 2.05) is 13.8 Å². The summed E-state index contributed by atoms with van der Waals surface area (Å²) in [4.78, 5) is 0. The van der Waals surface area contributed by atoms with E-state index in [4.69, 9.17) is 4.18 Å². The van der Waals surface area contributed by atoms with E-state index < -0.39 is 11.1 Å². The van der Waals surface area contributed by atoms with Gasteiger partial charge in [-0.05, 0) is 26.3 Å². The maximum Gasteiger partial charge on any atom is 0.190 e. The molecule has 68 valence electrons. The fourth-order valence-electron chi connectivity index (χ4n) is 0.383. The van der Waals surface area contributed by atoms with Crippen LogP contribution in [0.25, 0.3) is 0 Å². The van der Waals surface area contributed by atoms with Gasteiger partial charge in [-0.15, -0.1) is 12.3 Å². The summed E-state index contributed by atoms with van der Waals surface area (Å²) in [6, 6.07) is 0. The van der Waals surface area contributed by atoms with Crippen molar-refractivity contribution in [3.05, 3.63) is 29.4 Å². The van der Waals surface area contributed by atoms with Crippen LogP contribution >= 0.6 is 0 Å². The van der Waals surface area contributed by atoms with Gasteiger partial charge in [0.25, 0.3) is 0 Å². The fraction of sp³-hybridized carbons (Fsp3) is 0.444. The molecular weight excluding hydrogens is 172 g/mol. The molecule has 0 N–H and O–H groups in total. The Morgan fingerprint density at radius 3 is 2.67 bits per heavy atom. The number of hydrogen-bond acceptors (Lipinski definition) is 2. The second-order valence-corrected chi connectivity index (χ2v) is 3.51. The molecule has 0 saturated heterocycles. The normalized spacial score (nSPS) is 14.2. The summed E-state index contributed by atoms with van der Waals surface area (Å²) in [6.45, 7) is 9.05. The van der Waals surface area contributed by atoms with E-state index in [9.17, 15) is 4.21 Å². The van der Waals surface area contributed by atoms with E-state index in [2.05, 4.69) is 12.3 Å². The monoisotopic (exact) mass is 186 g/mol. The van der Waals surface area contributed by atoms with E-state index >= 15 is 0 Å². The molecule has 2 atom stereocenters.